The van der Waals surface area contributed by atoms with Gasteiger partial charge in [0.15, 0.2) is 11.9 Å². The number of hydrogen-bond donors (Lipinski definition) is 1. The minimum absolute atomic E-state index is 0.00239. The Bertz CT molecular complexity index is 855. The molecule has 1 amide bonds. The molecule has 2 rings (SSSR count). The molecule has 0 heterocycles. The third-order valence-electron chi connectivity index (χ3n) is 3.34. The van der Waals surface area contributed by atoms with Crippen molar-refractivity contribution in [2.24, 2.45) is 0 Å². The lowest BCUT2D eigenvalue weighted by Gasteiger charge is -2.15. The molecule has 0 bridgehead atoms. The number of nitrogens with zero attached hydrogens (tertiary/aromatic N) is 1. The first-order valence-corrected chi connectivity index (χ1v) is 7.79. The Kier molecular flexibility index (Phi) is 6.13. The van der Waals surface area contributed by atoms with Crippen LogP contribution in [0.25, 0.3) is 0 Å². The van der Waals surface area contributed by atoms with E-state index in [4.69, 9.17) is 16.3 Å². The van der Waals surface area contributed by atoms with Crippen LogP contribution in [0.5, 0.6) is 5.75 Å². The molecule has 0 saturated heterocycles. The fraction of sp³-hybridized carbons (Fsp3) is 0.176. The Morgan fingerprint density at radius 3 is 2.58 bits per heavy atom. The number of carbonyl (C=O) groups excluding carboxylic acids is 2. The van der Waals surface area contributed by atoms with E-state index in [0.717, 1.165) is 6.07 Å². The number of halogens is 1. The van der Waals surface area contributed by atoms with Gasteiger partial charge >= 0.3 is 11.7 Å². The van der Waals surface area contributed by atoms with E-state index < -0.39 is 28.6 Å². The summed E-state index contributed by atoms with van der Waals surface area (Å²) in [6.45, 7) is 1.44. The zero-order chi connectivity index (χ0) is 19.3. The van der Waals surface area contributed by atoms with E-state index in [1.165, 1.54) is 26.2 Å². The van der Waals surface area contributed by atoms with Crippen molar-refractivity contribution in [2.45, 2.75) is 13.0 Å². The van der Waals surface area contributed by atoms with E-state index in [1.807, 2.05) is 0 Å². The van der Waals surface area contributed by atoms with Gasteiger partial charge in [0.05, 0.1) is 17.6 Å². The maximum absolute atomic E-state index is 12.2. The predicted octanol–water partition coefficient (Wildman–Crippen LogP) is 3.44. The zero-order valence-corrected chi connectivity index (χ0v) is 14.6. The summed E-state index contributed by atoms with van der Waals surface area (Å²) in [5.41, 5.74) is 0.0198. The number of hydrogen-bond acceptors (Lipinski definition) is 6. The van der Waals surface area contributed by atoms with Crippen LogP contribution in [0.15, 0.2) is 42.5 Å². The average Bonchev–Trinajstić information content (AvgIpc) is 2.61. The summed E-state index contributed by atoms with van der Waals surface area (Å²) in [4.78, 5) is 34.2. The van der Waals surface area contributed by atoms with Crippen molar-refractivity contribution in [3.05, 3.63) is 63.2 Å². The quantitative estimate of drug-likeness (QED) is 0.468. The van der Waals surface area contributed by atoms with Crippen molar-refractivity contribution in [3.63, 3.8) is 0 Å². The summed E-state index contributed by atoms with van der Waals surface area (Å²) >= 11 is 5.85. The molecule has 2 aromatic rings. The monoisotopic (exact) mass is 378 g/mol. The van der Waals surface area contributed by atoms with Crippen LogP contribution in [-0.4, -0.2) is 30.0 Å². The maximum Gasteiger partial charge on any atom is 0.338 e. The molecular formula is C17H15ClN2O6. The van der Waals surface area contributed by atoms with Crippen molar-refractivity contribution in [1.82, 2.24) is 0 Å². The first-order valence-electron chi connectivity index (χ1n) is 7.41. The molecule has 136 valence electrons. The third kappa shape index (κ3) is 4.70. The summed E-state index contributed by atoms with van der Waals surface area (Å²) in [7, 11) is 1.17. The maximum atomic E-state index is 12.2. The molecule has 0 aliphatic rings. The van der Waals surface area contributed by atoms with Crippen molar-refractivity contribution >= 4 is 34.9 Å². The van der Waals surface area contributed by atoms with Gasteiger partial charge < -0.3 is 14.8 Å². The highest BCUT2D eigenvalue weighted by molar-refractivity contribution is 6.30. The van der Waals surface area contributed by atoms with Gasteiger partial charge in [-0.1, -0.05) is 17.7 Å². The number of benzene rings is 2. The lowest BCUT2D eigenvalue weighted by Crippen LogP contribution is -2.30. The number of amides is 1. The second kappa shape index (κ2) is 8.30. The largest absolute Gasteiger partial charge is 0.474 e. The highest BCUT2D eigenvalue weighted by atomic mass is 35.5. The molecule has 1 N–H and O–H groups in total. The fourth-order valence-electron chi connectivity index (χ4n) is 2.06. The molecule has 0 unspecified atom stereocenters. The van der Waals surface area contributed by atoms with E-state index >= 15 is 0 Å². The Morgan fingerprint density at radius 2 is 1.96 bits per heavy atom. The van der Waals surface area contributed by atoms with Crippen LogP contribution in [0, 0.1) is 10.1 Å². The Balaban J connectivity index is 2.17. The van der Waals surface area contributed by atoms with Crippen molar-refractivity contribution in [3.8, 4) is 5.75 Å². The van der Waals surface area contributed by atoms with Gasteiger partial charge in [0, 0.05) is 16.8 Å². The molecule has 0 aromatic heterocycles. The highest BCUT2D eigenvalue weighted by Crippen LogP contribution is 2.29. The molecule has 8 nitrogen and oxygen atoms in total. The number of nitro groups is 1. The number of nitro benzene ring substituents is 1. The molecule has 2 aromatic carbocycles. The molecule has 0 saturated carbocycles. The number of carbonyl (C=O) groups is 2. The predicted molar refractivity (Wildman–Crippen MR) is 94.6 cm³/mol. The number of esters is 1. The SMILES string of the molecule is COC(=O)c1ccc(O[C@H](C)C(=O)Nc2cccc(Cl)c2)c([N+](=O)[O-])c1. The van der Waals surface area contributed by atoms with Gasteiger partial charge in [0.1, 0.15) is 0 Å². The number of ether oxygens (including phenoxy) is 2. The van der Waals surface area contributed by atoms with E-state index in [1.54, 1.807) is 24.3 Å². The van der Waals surface area contributed by atoms with Gasteiger partial charge in [0.25, 0.3) is 5.91 Å². The molecule has 0 aliphatic carbocycles. The van der Waals surface area contributed by atoms with E-state index in [-0.39, 0.29) is 11.3 Å². The molecule has 1 atom stereocenters. The Labute approximate surface area is 153 Å². The van der Waals surface area contributed by atoms with Gasteiger partial charge in [0.2, 0.25) is 0 Å². The molecule has 0 aliphatic heterocycles. The van der Waals surface area contributed by atoms with Gasteiger partial charge in [-0.3, -0.25) is 14.9 Å². The highest BCUT2D eigenvalue weighted by Gasteiger charge is 2.23. The minimum atomic E-state index is -1.03. The van der Waals surface area contributed by atoms with Gasteiger partial charge in [-0.25, -0.2) is 4.79 Å². The molecular weight excluding hydrogens is 364 g/mol. The minimum Gasteiger partial charge on any atom is -0.474 e. The summed E-state index contributed by atoms with van der Waals surface area (Å²) in [6, 6.07) is 10.1. The molecule has 0 fully saturated rings. The van der Waals surface area contributed by atoms with E-state index in [0.29, 0.717) is 10.7 Å². The zero-order valence-electron chi connectivity index (χ0n) is 13.9. The topological polar surface area (TPSA) is 108 Å². The summed E-state index contributed by atoms with van der Waals surface area (Å²) in [6.07, 6.45) is -1.03. The fourth-order valence-corrected chi connectivity index (χ4v) is 2.25. The summed E-state index contributed by atoms with van der Waals surface area (Å²) < 4.78 is 9.93. The normalized spacial score (nSPS) is 11.3. The van der Waals surface area contributed by atoms with Crippen molar-refractivity contribution in [1.29, 1.82) is 0 Å². The second-order valence-electron chi connectivity index (χ2n) is 5.19. The van der Waals surface area contributed by atoms with Gasteiger partial charge in [-0.2, -0.15) is 0 Å². The second-order valence-corrected chi connectivity index (χ2v) is 5.63. The average molecular weight is 379 g/mol. The van der Waals surface area contributed by atoms with Crippen LogP contribution in [0.1, 0.15) is 17.3 Å². The van der Waals surface area contributed by atoms with Gasteiger partial charge in [-0.15, -0.1) is 0 Å². The number of anilines is 1. The van der Waals surface area contributed by atoms with Crippen LogP contribution in [0.4, 0.5) is 11.4 Å². The van der Waals surface area contributed by atoms with Crippen LogP contribution in [-0.2, 0) is 9.53 Å². The molecule has 9 heteroatoms. The number of rotatable bonds is 6. The van der Waals surface area contributed by atoms with Crippen LogP contribution in [0.3, 0.4) is 0 Å². The van der Waals surface area contributed by atoms with Crippen LogP contribution in [0.2, 0.25) is 5.02 Å². The first kappa shape index (κ1) is 19.2. The number of nitrogens with one attached hydrogen (secondary N) is 1. The summed E-state index contributed by atoms with van der Waals surface area (Å²) in [5, 5.41) is 14.3. The van der Waals surface area contributed by atoms with Crippen LogP contribution >= 0.6 is 11.6 Å². The lowest BCUT2D eigenvalue weighted by atomic mass is 10.2. The Morgan fingerprint density at radius 1 is 1.23 bits per heavy atom. The molecule has 0 spiro atoms. The standard InChI is InChI=1S/C17H15ClN2O6/c1-10(16(21)19-13-5-3-4-12(18)9-13)26-15-7-6-11(17(22)25-2)8-14(15)20(23)24/h3-10H,1-2H3,(H,19,21)/t10-/m1/s1. The van der Waals surface area contributed by atoms with Crippen LogP contribution < -0.4 is 10.1 Å². The van der Waals surface area contributed by atoms with E-state index in [2.05, 4.69) is 10.1 Å². The smallest absolute Gasteiger partial charge is 0.338 e. The van der Waals surface area contributed by atoms with Gasteiger partial charge in [-0.05, 0) is 37.3 Å². The first-order chi connectivity index (χ1) is 12.3. The van der Waals surface area contributed by atoms with Crippen molar-refractivity contribution in [2.75, 3.05) is 12.4 Å². The molecule has 0 radical (unpaired) electrons. The van der Waals surface area contributed by atoms with Crippen molar-refractivity contribution < 1.29 is 24.0 Å². The lowest BCUT2D eigenvalue weighted by molar-refractivity contribution is -0.386. The Hall–Kier alpha value is -3.13. The third-order valence-corrected chi connectivity index (χ3v) is 3.58. The molecule has 26 heavy (non-hydrogen) atoms. The van der Waals surface area contributed by atoms with E-state index in [9.17, 15) is 19.7 Å². The number of methoxy groups -OCH3 is 1. The summed E-state index contributed by atoms with van der Waals surface area (Å²) in [5.74, 6) is -1.37.